The van der Waals surface area contributed by atoms with Gasteiger partial charge in [0.05, 0.1) is 13.0 Å². The molecule has 0 aliphatic carbocycles. The predicted octanol–water partition coefficient (Wildman–Crippen LogP) is 0.540. The molecule has 0 aromatic heterocycles. The van der Waals surface area contributed by atoms with Gasteiger partial charge in [-0.05, 0) is 12.8 Å². The molecular weight excluding hydrogens is 220 g/mol. The number of ether oxygens (including phenoxy) is 1. The SMILES string of the molecule is CCCOCCC(=O)N1CCNC(=O)C1CC. The number of hydrogen-bond donors (Lipinski definition) is 1. The van der Waals surface area contributed by atoms with E-state index in [0.29, 0.717) is 39.1 Å². The third-order valence-corrected chi connectivity index (χ3v) is 2.85. The summed E-state index contributed by atoms with van der Waals surface area (Å²) in [5.41, 5.74) is 0. The molecule has 98 valence electrons. The highest BCUT2D eigenvalue weighted by molar-refractivity contribution is 5.88. The first-order chi connectivity index (χ1) is 8.20. The van der Waals surface area contributed by atoms with Crippen molar-refractivity contribution in [2.45, 2.75) is 39.2 Å². The standard InChI is InChI=1S/C12H22N2O3/c1-3-8-17-9-5-11(15)14-7-6-13-12(16)10(14)4-2/h10H,3-9H2,1-2H3,(H,13,16). The number of nitrogens with one attached hydrogen (secondary N) is 1. The monoisotopic (exact) mass is 242 g/mol. The van der Waals surface area contributed by atoms with Gasteiger partial charge in [0.1, 0.15) is 6.04 Å². The topological polar surface area (TPSA) is 58.6 Å². The first kappa shape index (κ1) is 14.0. The second kappa shape index (κ2) is 7.27. The zero-order chi connectivity index (χ0) is 12.7. The molecule has 17 heavy (non-hydrogen) atoms. The van der Waals surface area contributed by atoms with Crippen molar-refractivity contribution in [1.29, 1.82) is 0 Å². The molecule has 1 heterocycles. The summed E-state index contributed by atoms with van der Waals surface area (Å²) < 4.78 is 5.29. The number of carbonyl (C=O) groups is 2. The molecule has 2 amide bonds. The number of carbonyl (C=O) groups excluding carboxylic acids is 2. The molecule has 1 saturated heterocycles. The van der Waals surface area contributed by atoms with Crippen molar-refractivity contribution in [2.75, 3.05) is 26.3 Å². The zero-order valence-electron chi connectivity index (χ0n) is 10.7. The van der Waals surface area contributed by atoms with E-state index in [-0.39, 0.29) is 17.9 Å². The lowest BCUT2D eigenvalue weighted by Gasteiger charge is -2.34. The first-order valence-electron chi connectivity index (χ1n) is 6.35. The van der Waals surface area contributed by atoms with Crippen molar-refractivity contribution in [3.8, 4) is 0 Å². The van der Waals surface area contributed by atoms with Crippen LogP contribution >= 0.6 is 0 Å². The van der Waals surface area contributed by atoms with Crippen molar-refractivity contribution in [2.24, 2.45) is 0 Å². The number of rotatable bonds is 6. The molecule has 5 nitrogen and oxygen atoms in total. The summed E-state index contributed by atoms with van der Waals surface area (Å²) in [6, 6.07) is -0.303. The van der Waals surface area contributed by atoms with E-state index in [1.807, 2.05) is 13.8 Å². The van der Waals surface area contributed by atoms with Gasteiger partial charge < -0.3 is 15.0 Å². The quantitative estimate of drug-likeness (QED) is 0.692. The van der Waals surface area contributed by atoms with E-state index in [9.17, 15) is 9.59 Å². The van der Waals surface area contributed by atoms with E-state index >= 15 is 0 Å². The highest BCUT2D eigenvalue weighted by Crippen LogP contribution is 2.10. The van der Waals surface area contributed by atoms with E-state index in [1.54, 1.807) is 4.90 Å². The Morgan fingerprint density at radius 3 is 2.88 bits per heavy atom. The Balaban J connectivity index is 2.40. The van der Waals surface area contributed by atoms with E-state index in [1.165, 1.54) is 0 Å². The second-order valence-corrected chi connectivity index (χ2v) is 4.16. The Hall–Kier alpha value is -1.10. The fraction of sp³-hybridized carbons (Fsp3) is 0.833. The van der Waals surface area contributed by atoms with Gasteiger partial charge in [-0.2, -0.15) is 0 Å². The fourth-order valence-corrected chi connectivity index (χ4v) is 1.97. The average Bonchev–Trinajstić information content (AvgIpc) is 2.34. The second-order valence-electron chi connectivity index (χ2n) is 4.16. The van der Waals surface area contributed by atoms with Crippen molar-refractivity contribution in [3.05, 3.63) is 0 Å². The van der Waals surface area contributed by atoms with Crippen LogP contribution in [-0.4, -0.2) is 49.1 Å². The largest absolute Gasteiger partial charge is 0.381 e. The molecule has 0 radical (unpaired) electrons. The minimum Gasteiger partial charge on any atom is -0.381 e. The minimum absolute atomic E-state index is 0.0165. The molecule has 5 heteroatoms. The average molecular weight is 242 g/mol. The molecule has 1 rings (SSSR count). The van der Waals surface area contributed by atoms with Crippen LogP contribution in [0.4, 0.5) is 0 Å². The summed E-state index contributed by atoms with van der Waals surface area (Å²) in [6.45, 7) is 6.24. The number of hydrogen-bond acceptors (Lipinski definition) is 3. The molecule has 0 saturated carbocycles. The van der Waals surface area contributed by atoms with Crippen LogP contribution in [0.25, 0.3) is 0 Å². The van der Waals surface area contributed by atoms with Gasteiger partial charge in [0, 0.05) is 19.7 Å². The first-order valence-corrected chi connectivity index (χ1v) is 6.35. The molecule has 1 aliphatic rings. The Morgan fingerprint density at radius 1 is 1.47 bits per heavy atom. The summed E-state index contributed by atoms with van der Waals surface area (Å²) >= 11 is 0. The summed E-state index contributed by atoms with van der Waals surface area (Å²) in [4.78, 5) is 25.2. The maximum absolute atomic E-state index is 11.9. The van der Waals surface area contributed by atoms with Crippen LogP contribution in [0.15, 0.2) is 0 Å². The van der Waals surface area contributed by atoms with Gasteiger partial charge in [-0.1, -0.05) is 13.8 Å². The Bertz CT molecular complexity index is 268. The van der Waals surface area contributed by atoms with Crippen molar-refractivity contribution in [1.82, 2.24) is 10.2 Å². The van der Waals surface area contributed by atoms with E-state index in [2.05, 4.69) is 5.32 Å². The maximum Gasteiger partial charge on any atom is 0.242 e. The maximum atomic E-state index is 11.9. The van der Waals surface area contributed by atoms with Gasteiger partial charge in [0.2, 0.25) is 11.8 Å². The van der Waals surface area contributed by atoms with Crippen LogP contribution in [0.3, 0.4) is 0 Å². The van der Waals surface area contributed by atoms with Crippen molar-refractivity contribution < 1.29 is 14.3 Å². The summed E-state index contributed by atoms with van der Waals surface area (Å²) in [5, 5.41) is 2.78. The third kappa shape index (κ3) is 4.00. The summed E-state index contributed by atoms with van der Waals surface area (Å²) in [7, 11) is 0. The normalized spacial score (nSPS) is 20.2. The summed E-state index contributed by atoms with van der Waals surface area (Å²) in [5.74, 6) is -0.0237. The minimum atomic E-state index is -0.303. The van der Waals surface area contributed by atoms with Gasteiger partial charge in [-0.3, -0.25) is 9.59 Å². The van der Waals surface area contributed by atoms with E-state index in [4.69, 9.17) is 4.74 Å². The van der Waals surface area contributed by atoms with E-state index in [0.717, 1.165) is 6.42 Å². The van der Waals surface area contributed by atoms with Crippen LogP contribution in [0.1, 0.15) is 33.1 Å². The highest BCUT2D eigenvalue weighted by atomic mass is 16.5. The number of piperazine rings is 1. The predicted molar refractivity (Wildman–Crippen MR) is 64.5 cm³/mol. The van der Waals surface area contributed by atoms with Gasteiger partial charge in [-0.15, -0.1) is 0 Å². The van der Waals surface area contributed by atoms with Crippen LogP contribution in [0, 0.1) is 0 Å². The molecule has 1 N–H and O–H groups in total. The summed E-state index contributed by atoms with van der Waals surface area (Å²) in [6.07, 6.45) is 1.98. The van der Waals surface area contributed by atoms with Crippen LogP contribution < -0.4 is 5.32 Å². The highest BCUT2D eigenvalue weighted by Gasteiger charge is 2.30. The molecule has 1 fully saturated rings. The lowest BCUT2D eigenvalue weighted by Crippen LogP contribution is -2.57. The van der Waals surface area contributed by atoms with E-state index < -0.39 is 0 Å². The fourth-order valence-electron chi connectivity index (χ4n) is 1.97. The van der Waals surface area contributed by atoms with Crippen molar-refractivity contribution in [3.63, 3.8) is 0 Å². The van der Waals surface area contributed by atoms with Crippen LogP contribution in [0.5, 0.6) is 0 Å². The Morgan fingerprint density at radius 2 is 2.24 bits per heavy atom. The number of nitrogens with zero attached hydrogens (tertiary/aromatic N) is 1. The van der Waals surface area contributed by atoms with Crippen LogP contribution in [-0.2, 0) is 14.3 Å². The molecule has 0 bridgehead atoms. The molecule has 1 atom stereocenters. The van der Waals surface area contributed by atoms with Gasteiger partial charge in [-0.25, -0.2) is 0 Å². The zero-order valence-corrected chi connectivity index (χ0v) is 10.7. The van der Waals surface area contributed by atoms with Crippen molar-refractivity contribution >= 4 is 11.8 Å². The smallest absolute Gasteiger partial charge is 0.242 e. The Labute approximate surface area is 102 Å². The van der Waals surface area contributed by atoms with Crippen LogP contribution in [0.2, 0.25) is 0 Å². The lowest BCUT2D eigenvalue weighted by molar-refractivity contribution is -0.144. The van der Waals surface area contributed by atoms with Gasteiger partial charge in [0.15, 0.2) is 0 Å². The molecule has 0 spiro atoms. The van der Waals surface area contributed by atoms with Gasteiger partial charge >= 0.3 is 0 Å². The van der Waals surface area contributed by atoms with Gasteiger partial charge in [0.25, 0.3) is 0 Å². The molecule has 1 aliphatic heterocycles. The third-order valence-electron chi connectivity index (χ3n) is 2.85. The Kier molecular flexibility index (Phi) is 5.97. The molecule has 0 aromatic carbocycles. The lowest BCUT2D eigenvalue weighted by atomic mass is 10.1. The molecule has 0 aromatic rings. The number of amides is 2. The molecular formula is C12H22N2O3. The molecule has 1 unspecified atom stereocenters.